The number of nitrogen functional groups attached to an aromatic ring is 1. The average Bonchev–Trinajstić information content (AvgIpc) is 2.55. The molecule has 3 N–H and O–H groups in total. The maximum atomic E-state index is 12.1. The first-order chi connectivity index (χ1) is 10.6. The Bertz CT molecular complexity index is 623. The Kier molecular flexibility index (Phi) is 5.42. The molecule has 1 atom stereocenters. The van der Waals surface area contributed by atoms with Crippen molar-refractivity contribution in [1.29, 1.82) is 0 Å². The Labute approximate surface area is 131 Å². The van der Waals surface area contributed by atoms with Crippen molar-refractivity contribution in [2.75, 3.05) is 19.4 Å². The highest BCUT2D eigenvalue weighted by Gasteiger charge is 2.10. The number of anilines is 1. The van der Waals surface area contributed by atoms with Gasteiger partial charge >= 0.3 is 0 Å². The van der Waals surface area contributed by atoms with E-state index >= 15 is 0 Å². The number of nitrogens with two attached hydrogens (primary N) is 1. The number of benzene rings is 2. The Morgan fingerprint density at radius 2 is 1.86 bits per heavy atom. The third kappa shape index (κ3) is 4.01. The van der Waals surface area contributed by atoms with Crippen molar-refractivity contribution in [3.8, 4) is 5.75 Å². The summed E-state index contributed by atoms with van der Waals surface area (Å²) in [5, 5.41) is 2.92. The molecular formula is C18H22N2O2. The Balaban J connectivity index is 1.85. The van der Waals surface area contributed by atoms with Gasteiger partial charge in [0.05, 0.1) is 12.7 Å². The van der Waals surface area contributed by atoms with Gasteiger partial charge in [0.2, 0.25) is 0 Å². The van der Waals surface area contributed by atoms with Crippen LogP contribution in [0.25, 0.3) is 0 Å². The maximum Gasteiger partial charge on any atom is 0.253 e. The minimum atomic E-state index is -0.125. The van der Waals surface area contributed by atoms with Gasteiger partial charge in [-0.05, 0) is 42.2 Å². The van der Waals surface area contributed by atoms with E-state index in [4.69, 9.17) is 10.5 Å². The van der Waals surface area contributed by atoms with Gasteiger partial charge in [0.15, 0.2) is 0 Å². The number of rotatable bonds is 6. The van der Waals surface area contributed by atoms with Gasteiger partial charge in [-0.1, -0.05) is 31.2 Å². The van der Waals surface area contributed by atoms with Gasteiger partial charge in [-0.15, -0.1) is 0 Å². The lowest BCUT2D eigenvalue weighted by Crippen LogP contribution is -2.26. The largest absolute Gasteiger partial charge is 0.497 e. The molecule has 0 aliphatic rings. The summed E-state index contributed by atoms with van der Waals surface area (Å²) in [5.41, 5.74) is 8.06. The third-order valence-electron chi connectivity index (χ3n) is 3.75. The second kappa shape index (κ2) is 7.50. The van der Waals surface area contributed by atoms with Gasteiger partial charge in [0.1, 0.15) is 5.75 Å². The fourth-order valence-electron chi connectivity index (χ4n) is 2.30. The van der Waals surface area contributed by atoms with Crippen molar-refractivity contribution in [3.05, 3.63) is 59.7 Å². The molecule has 0 aliphatic carbocycles. The highest BCUT2D eigenvalue weighted by molar-refractivity contribution is 5.99. The van der Waals surface area contributed by atoms with Crippen molar-refractivity contribution < 1.29 is 9.53 Å². The maximum absolute atomic E-state index is 12.1. The van der Waals surface area contributed by atoms with E-state index in [2.05, 4.69) is 24.4 Å². The van der Waals surface area contributed by atoms with Gasteiger partial charge in [-0.3, -0.25) is 4.79 Å². The highest BCUT2D eigenvalue weighted by atomic mass is 16.5. The van der Waals surface area contributed by atoms with Crippen LogP contribution in [-0.2, 0) is 0 Å². The molecule has 4 heteroatoms. The zero-order valence-electron chi connectivity index (χ0n) is 13.0. The Morgan fingerprint density at radius 3 is 2.50 bits per heavy atom. The number of hydrogen-bond donors (Lipinski definition) is 2. The Hall–Kier alpha value is -2.49. The van der Waals surface area contributed by atoms with Crippen molar-refractivity contribution in [1.82, 2.24) is 5.32 Å². The summed E-state index contributed by atoms with van der Waals surface area (Å²) in [6.45, 7) is 2.76. The SMILES string of the molecule is COc1ccc(C(C)CCNC(=O)c2ccccc2N)cc1. The monoisotopic (exact) mass is 298 g/mol. The van der Waals surface area contributed by atoms with Crippen LogP contribution in [0.1, 0.15) is 35.2 Å². The van der Waals surface area contributed by atoms with E-state index in [9.17, 15) is 4.79 Å². The number of hydrogen-bond acceptors (Lipinski definition) is 3. The molecule has 1 unspecified atom stereocenters. The lowest BCUT2D eigenvalue weighted by atomic mass is 9.98. The molecule has 22 heavy (non-hydrogen) atoms. The fourth-order valence-corrected chi connectivity index (χ4v) is 2.30. The first kappa shape index (κ1) is 15.9. The number of amides is 1. The van der Waals surface area contributed by atoms with Crippen LogP contribution in [0, 0.1) is 0 Å². The molecule has 2 rings (SSSR count). The molecule has 0 heterocycles. The van der Waals surface area contributed by atoms with Gasteiger partial charge in [-0.25, -0.2) is 0 Å². The number of carbonyl (C=O) groups excluding carboxylic acids is 1. The summed E-state index contributed by atoms with van der Waals surface area (Å²) in [4.78, 5) is 12.1. The van der Waals surface area contributed by atoms with Crippen LogP contribution < -0.4 is 15.8 Å². The lowest BCUT2D eigenvalue weighted by molar-refractivity contribution is 0.0953. The predicted molar refractivity (Wildman–Crippen MR) is 89.2 cm³/mol. The molecule has 1 amide bonds. The topological polar surface area (TPSA) is 64.3 Å². The predicted octanol–water partition coefficient (Wildman–Crippen LogP) is 3.20. The van der Waals surface area contributed by atoms with Crippen LogP contribution in [0.2, 0.25) is 0 Å². The van der Waals surface area contributed by atoms with E-state index in [1.807, 2.05) is 24.3 Å². The molecule has 0 aromatic heterocycles. The molecule has 0 spiro atoms. The summed E-state index contributed by atoms with van der Waals surface area (Å²) in [6, 6.07) is 15.1. The van der Waals surface area contributed by atoms with Crippen LogP contribution in [0.4, 0.5) is 5.69 Å². The lowest BCUT2D eigenvalue weighted by Gasteiger charge is -2.13. The Morgan fingerprint density at radius 1 is 1.18 bits per heavy atom. The van der Waals surface area contributed by atoms with Crippen LogP contribution in [-0.4, -0.2) is 19.6 Å². The molecular weight excluding hydrogens is 276 g/mol. The average molecular weight is 298 g/mol. The van der Waals surface area contributed by atoms with Crippen LogP contribution in [0.5, 0.6) is 5.75 Å². The van der Waals surface area contributed by atoms with Crippen LogP contribution >= 0.6 is 0 Å². The van der Waals surface area contributed by atoms with Crippen LogP contribution in [0.15, 0.2) is 48.5 Å². The zero-order chi connectivity index (χ0) is 15.9. The number of nitrogens with one attached hydrogen (secondary N) is 1. The molecule has 0 radical (unpaired) electrons. The standard InChI is InChI=1S/C18H22N2O2/c1-13(14-7-9-15(22-2)10-8-14)11-12-20-18(21)16-5-3-4-6-17(16)19/h3-10,13H,11-12,19H2,1-2H3,(H,20,21). The number of methoxy groups -OCH3 is 1. The summed E-state index contributed by atoms with van der Waals surface area (Å²) in [6.07, 6.45) is 0.866. The van der Waals surface area contributed by atoms with E-state index < -0.39 is 0 Å². The van der Waals surface area contributed by atoms with Gasteiger partial charge < -0.3 is 15.8 Å². The van der Waals surface area contributed by atoms with E-state index in [0.29, 0.717) is 23.7 Å². The normalized spacial score (nSPS) is 11.7. The molecule has 0 saturated carbocycles. The van der Waals surface area contributed by atoms with Crippen LogP contribution in [0.3, 0.4) is 0 Å². The molecule has 2 aromatic rings. The second-order valence-electron chi connectivity index (χ2n) is 5.31. The first-order valence-corrected chi connectivity index (χ1v) is 7.38. The molecule has 0 saturated heterocycles. The third-order valence-corrected chi connectivity index (χ3v) is 3.75. The van der Waals surface area contributed by atoms with E-state index in [0.717, 1.165) is 12.2 Å². The molecule has 116 valence electrons. The fraction of sp³-hybridized carbons (Fsp3) is 0.278. The summed E-state index contributed by atoms with van der Waals surface area (Å²) < 4.78 is 5.15. The molecule has 0 bridgehead atoms. The quantitative estimate of drug-likeness (QED) is 0.805. The van der Waals surface area contributed by atoms with Crippen molar-refractivity contribution in [3.63, 3.8) is 0 Å². The minimum Gasteiger partial charge on any atom is -0.497 e. The van der Waals surface area contributed by atoms with Crippen molar-refractivity contribution in [2.45, 2.75) is 19.3 Å². The number of para-hydroxylation sites is 1. The molecule has 0 fully saturated rings. The summed E-state index contributed by atoms with van der Waals surface area (Å²) in [7, 11) is 1.66. The molecule has 4 nitrogen and oxygen atoms in total. The molecule has 0 aliphatic heterocycles. The zero-order valence-corrected chi connectivity index (χ0v) is 13.0. The number of ether oxygens (including phenoxy) is 1. The van der Waals surface area contributed by atoms with Gasteiger partial charge in [-0.2, -0.15) is 0 Å². The minimum absolute atomic E-state index is 0.125. The van der Waals surface area contributed by atoms with E-state index in [1.54, 1.807) is 19.2 Å². The van der Waals surface area contributed by atoms with Crippen molar-refractivity contribution in [2.24, 2.45) is 0 Å². The highest BCUT2D eigenvalue weighted by Crippen LogP contribution is 2.21. The first-order valence-electron chi connectivity index (χ1n) is 7.38. The number of carbonyl (C=O) groups is 1. The molecule has 2 aromatic carbocycles. The van der Waals surface area contributed by atoms with Gasteiger partial charge in [0, 0.05) is 12.2 Å². The summed E-state index contributed by atoms with van der Waals surface area (Å²) >= 11 is 0. The summed E-state index contributed by atoms with van der Waals surface area (Å²) in [5.74, 6) is 1.09. The van der Waals surface area contributed by atoms with E-state index in [-0.39, 0.29) is 5.91 Å². The van der Waals surface area contributed by atoms with Crippen molar-refractivity contribution >= 4 is 11.6 Å². The second-order valence-corrected chi connectivity index (χ2v) is 5.31. The van der Waals surface area contributed by atoms with E-state index in [1.165, 1.54) is 5.56 Å². The smallest absolute Gasteiger partial charge is 0.253 e. The van der Waals surface area contributed by atoms with Gasteiger partial charge in [0.25, 0.3) is 5.91 Å².